The van der Waals surface area contributed by atoms with Gasteiger partial charge in [-0.15, -0.1) is 0 Å². The average Bonchev–Trinajstić information content (AvgIpc) is 2.67. The number of benzene rings is 2. The average molecular weight is 469 g/mol. The number of fused-ring (bicyclic) bond motifs is 1. The molecule has 1 amide bonds. The summed E-state index contributed by atoms with van der Waals surface area (Å²) < 4.78 is 78.0. The van der Waals surface area contributed by atoms with Crippen LogP contribution in [0.15, 0.2) is 42.5 Å². The zero-order valence-corrected chi connectivity index (χ0v) is 18.0. The summed E-state index contributed by atoms with van der Waals surface area (Å²) in [6, 6.07) is 7.78. The number of nitrogens with one attached hydrogen (secondary N) is 2. The van der Waals surface area contributed by atoms with Gasteiger partial charge in [0.05, 0.1) is 23.5 Å². The lowest BCUT2D eigenvalue weighted by Gasteiger charge is -2.18. The number of sulfonamides is 1. The molecule has 0 aliphatic carbocycles. The van der Waals surface area contributed by atoms with Crippen molar-refractivity contribution in [3.63, 3.8) is 0 Å². The number of amides is 1. The molecule has 3 rings (SSSR count). The summed E-state index contributed by atoms with van der Waals surface area (Å²) in [7, 11) is -3.59. The van der Waals surface area contributed by atoms with Crippen LogP contribution in [-0.4, -0.2) is 25.6 Å². The Morgan fingerprint density at radius 2 is 1.78 bits per heavy atom. The van der Waals surface area contributed by atoms with Gasteiger partial charge in [-0.3, -0.25) is 9.52 Å². The van der Waals surface area contributed by atoms with Crippen LogP contribution in [-0.2, 0) is 16.2 Å². The van der Waals surface area contributed by atoms with Crippen molar-refractivity contribution in [1.82, 2.24) is 10.3 Å². The molecule has 170 valence electrons. The number of hydrogen-bond acceptors (Lipinski definition) is 4. The van der Waals surface area contributed by atoms with E-state index in [-0.39, 0.29) is 22.3 Å². The molecule has 0 spiro atoms. The zero-order chi connectivity index (χ0) is 23.8. The molecular formula is C21H19F4N3O3S. The first-order chi connectivity index (χ1) is 14.7. The highest BCUT2D eigenvalue weighted by molar-refractivity contribution is 7.92. The zero-order valence-electron chi connectivity index (χ0n) is 17.2. The van der Waals surface area contributed by atoms with Gasteiger partial charge in [0.2, 0.25) is 10.0 Å². The lowest BCUT2D eigenvalue weighted by Crippen LogP contribution is -2.27. The van der Waals surface area contributed by atoms with Crippen LogP contribution >= 0.6 is 0 Å². The van der Waals surface area contributed by atoms with Crippen LogP contribution < -0.4 is 10.0 Å². The van der Waals surface area contributed by atoms with Crippen LogP contribution in [0.5, 0.6) is 0 Å². The van der Waals surface area contributed by atoms with Gasteiger partial charge in [0.1, 0.15) is 11.5 Å². The number of rotatable bonds is 5. The van der Waals surface area contributed by atoms with Crippen molar-refractivity contribution in [2.75, 3.05) is 11.0 Å². The third kappa shape index (κ3) is 5.34. The van der Waals surface area contributed by atoms with Gasteiger partial charge in [0.15, 0.2) is 0 Å². The molecule has 0 fully saturated rings. The lowest BCUT2D eigenvalue weighted by atomic mass is 10.0. The first kappa shape index (κ1) is 23.5. The minimum Gasteiger partial charge on any atom is -0.345 e. The quantitative estimate of drug-likeness (QED) is 0.536. The number of carbonyl (C=O) groups excluding carboxylic acids is 1. The monoisotopic (exact) mass is 469 g/mol. The predicted molar refractivity (Wildman–Crippen MR) is 112 cm³/mol. The number of aryl methyl sites for hydroxylation is 1. The smallest absolute Gasteiger partial charge is 0.345 e. The molecule has 1 atom stereocenters. The van der Waals surface area contributed by atoms with Crippen molar-refractivity contribution < 1.29 is 30.8 Å². The van der Waals surface area contributed by atoms with Gasteiger partial charge >= 0.3 is 6.18 Å². The van der Waals surface area contributed by atoms with Crippen LogP contribution in [0.1, 0.15) is 40.1 Å². The van der Waals surface area contributed by atoms with Gasteiger partial charge in [0, 0.05) is 16.5 Å². The maximum atomic E-state index is 14.6. The minimum atomic E-state index is -4.58. The Kier molecular flexibility index (Phi) is 6.14. The molecule has 0 radical (unpaired) electrons. The number of anilines is 1. The second-order valence-corrected chi connectivity index (χ2v) is 9.11. The van der Waals surface area contributed by atoms with E-state index in [1.165, 1.54) is 30.3 Å². The van der Waals surface area contributed by atoms with Crippen LogP contribution in [0.4, 0.5) is 23.2 Å². The Labute approximate surface area is 181 Å². The topological polar surface area (TPSA) is 88.2 Å². The Bertz CT molecular complexity index is 1310. The Morgan fingerprint density at radius 1 is 1.09 bits per heavy atom. The molecule has 2 aromatic carbocycles. The molecule has 2 N–H and O–H groups in total. The summed E-state index contributed by atoms with van der Waals surface area (Å²) in [5.41, 5.74) is -0.0844. The maximum absolute atomic E-state index is 14.6. The molecular weight excluding hydrogens is 450 g/mol. The molecule has 3 aromatic rings. The van der Waals surface area contributed by atoms with Crippen molar-refractivity contribution >= 4 is 32.5 Å². The van der Waals surface area contributed by atoms with Crippen LogP contribution in [0.2, 0.25) is 0 Å². The minimum absolute atomic E-state index is 0.0834. The van der Waals surface area contributed by atoms with E-state index < -0.39 is 39.7 Å². The first-order valence-corrected chi connectivity index (χ1v) is 11.2. The SMILES string of the molecule is Cc1cc(C(C)NC(=O)c2ccc3nc(C(F)(F)F)ccc3c2)c(F)cc1NS(C)(=O)=O. The first-order valence-electron chi connectivity index (χ1n) is 9.31. The predicted octanol–water partition coefficient (Wildman–Crippen LogP) is 4.56. The van der Waals surface area contributed by atoms with Crippen molar-refractivity contribution in [3.05, 3.63) is 70.7 Å². The number of aromatic nitrogens is 1. The van der Waals surface area contributed by atoms with E-state index in [1.54, 1.807) is 13.8 Å². The molecule has 0 aliphatic heterocycles. The molecule has 0 saturated heterocycles. The molecule has 1 aromatic heterocycles. The standard InChI is InChI=1S/C21H19F4N3O3S/c1-11-8-15(16(22)10-18(11)28-32(3,30)31)12(2)26-20(29)14-4-6-17-13(9-14)5-7-19(27-17)21(23,24)25/h4-10,12,28H,1-3H3,(H,26,29). The second-order valence-electron chi connectivity index (χ2n) is 7.36. The number of carbonyl (C=O) groups is 1. The van der Waals surface area contributed by atoms with Gasteiger partial charge < -0.3 is 5.32 Å². The molecule has 11 heteroatoms. The molecule has 1 heterocycles. The van der Waals surface area contributed by atoms with E-state index in [0.717, 1.165) is 18.4 Å². The number of halogens is 4. The van der Waals surface area contributed by atoms with E-state index in [2.05, 4.69) is 15.0 Å². The number of nitrogens with zero attached hydrogens (tertiary/aromatic N) is 1. The third-order valence-corrected chi connectivity index (χ3v) is 5.29. The summed E-state index contributed by atoms with van der Waals surface area (Å²) in [6.45, 7) is 3.15. The largest absolute Gasteiger partial charge is 0.433 e. The highest BCUT2D eigenvalue weighted by atomic mass is 32.2. The summed E-state index contributed by atoms with van der Waals surface area (Å²) in [4.78, 5) is 16.2. The summed E-state index contributed by atoms with van der Waals surface area (Å²) >= 11 is 0. The Hall–Kier alpha value is -3.21. The molecule has 6 nitrogen and oxygen atoms in total. The molecule has 32 heavy (non-hydrogen) atoms. The van der Waals surface area contributed by atoms with Crippen molar-refractivity contribution in [2.24, 2.45) is 0 Å². The van der Waals surface area contributed by atoms with Crippen LogP contribution in [0, 0.1) is 12.7 Å². The van der Waals surface area contributed by atoms with Gasteiger partial charge in [0.25, 0.3) is 5.91 Å². The fourth-order valence-electron chi connectivity index (χ4n) is 3.13. The summed E-state index contributed by atoms with van der Waals surface area (Å²) in [6.07, 6.45) is -3.63. The number of alkyl halides is 3. The summed E-state index contributed by atoms with van der Waals surface area (Å²) in [5.74, 6) is -1.27. The molecule has 0 bridgehead atoms. The lowest BCUT2D eigenvalue weighted by molar-refractivity contribution is -0.140. The fraction of sp³-hybridized carbons (Fsp3) is 0.238. The van der Waals surface area contributed by atoms with E-state index >= 15 is 0 Å². The Balaban J connectivity index is 1.82. The van der Waals surface area contributed by atoms with Gasteiger partial charge in [-0.05, 0) is 55.8 Å². The highest BCUT2D eigenvalue weighted by Gasteiger charge is 2.32. The molecule has 1 unspecified atom stereocenters. The van der Waals surface area contributed by atoms with Crippen LogP contribution in [0.3, 0.4) is 0 Å². The van der Waals surface area contributed by atoms with Crippen molar-refractivity contribution in [1.29, 1.82) is 0 Å². The van der Waals surface area contributed by atoms with Crippen LogP contribution in [0.25, 0.3) is 10.9 Å². The van der Waals surface area contributed by atoms with Gasteiger partial charge in [-0.2, -0.15) is 13.2 Å². The van der Waals surface area contributed by atoms with E-state index in [1.807, 2.05) is 0 Å². The van der Waals surface area contributed by atoms with Gasteiger partial charge in [-0.1, -0.05) is 6.07 Å². The van der Waals surface area contributed by atoms with E-state index in [4.69, 9.17) is 0 Å². The second kappa shape index (κ2) is 8.38. The molecule has 0 aliphatic rings. The van der Waals surface area contributed by atoms with Crippen molar-refractivity contribution in [2.45, 2.75) is 26.1 Å². The third-order valence-electron chi connectivity index (χ3n) is 4.69. The van der Waals surface area contributed by atoms with E-state index in [9.17, 15) is 30.8 Å². The Morgan fingerprint density at radius 3 is 2.41 bits per heavy atom. The highest BCUT2D eigenvalue weighted by Crippen LogP contribution is 2.29. The fourth-order valence-corrected chi connectivity index (χ4v) is 3.75. The normalized spacial score (nSPS) is 13.1. The number of hydrogen-bond donors (Lipinski definition) is 2. The maximum Gasteiger partial charge on any atom is 0.433 e. The van der Waals surface area contributed by atoms with Crippen molar-refractivity contribution in [3.8, 4) is 0 Å². The summed E-state index contributed by atoms with van der Waals surface area (Å²) in [5, 5.41) is 2.97. The molecule has 0 saturated carbocycles. The number of pyridine rings is 1. The van der Waals surface area contributed by atoms with Gasteiger partial charge in [-0.25, -0.2) is 17.8 Å². The van der Waals surface area contributed by atoms with E-state index in [0.29, 0.717) is 10.9 Å².